The molecule has 2 aromatic carbocycles. The van der Waals surface area contributed by atoms with E-state index in [1.807, 2.05) is 12.1 Å². The summed E-state index contributed by atoms with van der Waals surface area (Å²) in [5, 5.41) is 10.3. The van der Waals surface area contributed by atoms with Gasteiger partial charge in [0.25, 0.3) is 0 Å². The molecule has 0 atom stereocenters. The fourth-order valence-electron chi connectivity index (χ4n) is 2.35. The smallest absolute Gasteiger partial charge is 0.243 e. The molecular weight excluding hydrogens is 288 g/mol. The van der Waals surface area contributed by atoms with Crippen molar-refractivity contribution in [3.8, 4) is 0 Å². The minimum atomic E-state index is -3.60. The molecule has 0 spiro atoms. The van der Waals surface area contributed by atoms with E-state index in [4.69, 9.17) is 10.8 Å². The van der Waals surface area contributed by atoms with Crippen LogP contribution in [0.1, 0.15) is 13.3 Å². The van der Waals surface area contributed by atoms with E-state index >= 15 is 0 Å². The Labute approximate surface area is 125 Å². The monoisotopic (exact) mass is 308 g/mol. The highest BCUT2D eigenvalue weighted by atomic mass is 32.2. The van der Waals surface area contributed by atoms with Gasteiger partial charge < -0.3 is 10.8 Å². The van der Waals surface area contributed by atoms with Crippen LogP contribution in [-0.4, -0.2) is 37.5 Å². The third-order valence-corrected chi connectivity index (χ3v) is 5.49. The molecule has 5 nitrogen and oxygen atoms in total. The first-order valence-electron chi connectivity index (χ1n) is 6.90. The predicted octanol–water partition coefficient (Wildman–Crippen LogP) is 1.81. The van der Waals surface area contributed by atoms with E-state index in [1.165, 1.54) is 4.31 Å². The minimum Gasteiger partial charge on any atom is -0.398 e. The van der Waals surface area contributed by atoms with Gasteiger partial charge in [0.05, 0.1) is 4.90 Å². The van der Waals surface area contributed by atoms with Gasteiger partial charge in [-0.15, -0.1) is 0 Å². The molecule has 3 N–H and O–H groups in total. The van der Waals surface area contributed by atoms with Crippen LogP contribution in [0.4, 0.5) is 5.69 Å². The molecule has 0 bridgehead atoms. The van der Waals surface area contributed by atoms with E-state index in [9.17, 15) is 8.42 Å². The number of nitrogens with two attached hydrogens (primary N) is 1. The van der Waals surface area contributed by atoms with Crippen molar-refractivity contribution in [3.05, 3.63) is 36.4 Å². The number of nitrogen functional groups attached to an aromatic ring is 1. The molecule has 0 aliphatic rings. The number of rotatable bonds is 6. The van der Waals surface area contributed by atoms with Crippen LogP contribution < -0.4 is 5.73 Å². The van der Waals surface area contributed by atoms with Gasteiger partial charge in [0.2, 0.25) is 10.0 Å². The van der Waals surface area contributed by atoms with Crippen LogP contribution in [-0.2, 0) is 10.0 Å². The van der Waals surface area contributed by atoms with E-state index in [0.29, 0.717) is 30.6 Å². The summed E-state index contributed by atoms with van der Waals surface area (Å²) in [6.07, 6.45) is 0.417. The molecule has 0 unspecified atom stereocenters. The van der Waals surface area contributed by atoms with Crippen molar-refractivity contribution in [1.82, 2.24) is 4.31 Å². The van der Waals surface area contributed by atoms with Gasteiger partial charge in [-0.3, -0.25) is 0 Å². The molecule has 21 heavy (non-hydrogen) atoms. The third kappa shape index (κ3) is 3.02. The molecule has 2 rings (SSSR count). The van der Waals surface area contributed by atoms with Crippen LogP contribution in [0.25, 0.3) is 10.8 Å². The van der Waals surface area contributed by atoms with Crippen molar-refractivity contribution in [2.45, 2.75) is 18.2 Å². The molecular formula is C15H20N2O3S. The normalized spacial score (nSPS) is 12.1. The molecule has 0 heterocycles. The highest BCUT2D eigenvalue weighted by Gasteiger charge is 2.24. The number of hydrogen-bond donors (Lipinski definition) is 2. The SMILES string of the molecule is CCN(CCCO)S(=O)(=O)c1ccc(N)c2ccccc12. The maximum atomic E-state index is 12.8. The van der Waals surface area contributed by atoms with Crippen molar-refractivity contribution in [3.63, 3.8) is 0 Å². The molecule has 0 amide bonds. The van der Waals surface area contributed by atoms with Gasteiger partial charge in [-0.05, 0) is 18.6 Å². The number of aliphatic hydroxyl groups is 1. The van der Waals surface area contributed by atoms with E-state index in [-0.39, 0.29) is 11.5 Å². The predicted molar refractivity (Wildman–Crippen MR) is 84.5 cm³/mol. The largest absolute Gasteiger partial charge is 0.398 e. The topological polar surface area (TPSA) is 83.6 Å². The van der Waals surface area contributed by atoms with Crippen LogP contribution in [0.5, 0.6) is 0 Å². The van der Waals surface area contributed by atoms with Gasteiger partial charge >= 0.3 is 0 Å². The van der Waals surface area contributed by atoms with Gasteiger partial charge in [-0.2, -0.15) is 4.31 Å². The first-order chi connectivity index (χ1) is 10.0. The average Bonchev–Trinajstić information content (AvgIpc) is 2.48. The summed E-state index contributed by atoms with van der Waals surface area (Å²) in [5.74, 6) is 0. The lowest BCUT2D eigenvalue weighted by molar-refractivity contribution is 0.271. The Hall–Kier alpha value is -1.63. The number of aliphatic hydroxyl groups excluding tert-OH is 1. The van der Waals surface area contributed by atoms with Gasteiger partial charge in [-0.25, -0.2) is 8.42 Å². The summed E-state index contributed by atoms with van der Waals surface area (Å²) in [4.78, 5) is 0.257. The van der Waals surface area contributed by atoms with Crippen molar-refractivity contribution in [2.75, 3.05) is 25.4 Å². The van der Waals surface area contributed by atoms with E-state index in [0.717, 1.165) is 5.39 Å². The Morgan fingerprint density at radius 1 is 1.14 bits per heavy atom. The zero-order valence-electron chi connectivity index (χ0n) is 12.0. The number of hydrogen-bond acceptors (Lipinski definition) is 4. The van der Waals surface area contributed by atoms with Crippen LogP contribution in [0, 0.1) is 0 Å². The van der Waals surface area contributed by atoms with Gasteiger partial charge in [0, 0.05) is 36.2 Å². The molecule has 114 valence electrons. The maximum absolute atomic E-state index is 12.8. The first-order valence-corrected chi connectivity index (χ1v) is 8.34. The molecule has 0 aromatic heterocycles. The standard InChI is InChI=1S/C15H20N2O3S/c1-2-17(10-5-11-18)21(19,20)15-9-8-14(16)12-6-3-4-7-13(12)15/h3-4,6-9,18H,2,5,10-11,16H2,1H3. The number of fused-ring (bicyclic) bond motifs is 1. The van der Waals surface area contributed by atoms with Crippen LogP contribution >= 0.6 is 0 Å². The summed E-state index contributed by atoms with van der Waals surface area (Å²) in [6.45, 7) is 2.41. The Morgan fingerprint density at radius 2 is 1.81 bits per heavy atom. The summed E-state index contributed by atoms with van der Waals surface area (Å²) in [6, 6.07) is 10.4. The van der Waals surface area contributed by atoms with Gasteiger partial charge in [0.1, 0.15) is 0 Å². The molecule has 2 aromatic rings. The second-order valence-corrected chi connectivity index (χ2v) is 6.68. The number of sulfonamides is 1. The summed E-state index contributed by atoms with van der Waals surface area (Å²) >= 11 is 0. The van der Waals surface area contributed by atoms with Crippen molar-refractivity contribution >= 4 is 26.5 Å². The Kier molecular flexibility index (Phi) is 4.82. The molecule has 0 saturated heterocycles. The highest BCUT2D eigenvalue weighted by Crippen LogP contribution is 2.29. The van der Waals surface area contributed by atoms with Gasteiger partial charge in [-0.1, -0.05) is 31.2 Å². The van der Waals surface area contributed by atoms with Crippen molar-refractivity contribution in [1.29, 1.82) is 0 Å². The number of anilines is 1. The second-order valence-electron chi connectivity index (χ2n) is 4.77. The quantitative estimate of drug-likeness (QED) is 0.797. The second kappa shape index (κ2) is 6.43. The summed E-state index contributed by atoms with van der Waals surface area (Å²) in [5.41, 5.74) is 6.47. The van der Waals surface area contributed by atoms with Crippen LogP contribution in [0.2, 0.25) is 0 Å². The lowest BCUT2D eigenvalue weighted by Crippen LogP contribution is -2.32. The average molecular weight is 308 g/mol. The fourth-order valence-corrected chi connectivity index (χ4v) is 4.04. The lowest BCUT2D eigenvalue weighted by Gasteiger charge is -2.21. The zero-order valence-corrected chi connectivity index (χ0v) is 12.8. The van der Waals surface area contributed by atoms with E-state index < -0.39 is 10.0 Å². The Morgan fingerprint density at radius 3 is 2.43 bits per heavy atom. The number of nitrogens with zero attached hydrogens (tertiary/aromatic N) is 1. The van der Waals surface area contributed by atoms with Crippen molar-refractivity contribution < 1.29 is 13.5 Å². The highest BCUT2D eigenvalue weighted by molar-refractivity contribution is 7.89. The first kappa shape index (κ1) is 15.8. The lowest BCUT2D eigenvalue weighted by atomic mass is 10.1. The van der Waals surface area contributed by atoms with Crippen molar-refractivity contribution in [2.24, 2.45) is 0 Å². The summed E-state index contributed by atoms with van der Waals surface area (Å²) < 4.78 is 27.0. The Balaban J connectivity index is 2.57. The molecule has 0 aliphatic heterocycles. The third-order valence-electron chi connectivity index (χ3n) is 3.45. The Bertz CT molecular complexity index is 729. The zero-order chi connectivity index (χ0) is 15.5. The molecule has 0 aliphatic carbocycles. The van der Waals surface area contributed by atoms with Crippen LogP contribution in [0.3, 0.4) is 0 Å². The van der Waals surface area contributed by atoms with E-state index in [2.05, 4.69) is 0 Å². The summed E-state index contributed by atoms with van der Waals surface area (Å²) in [7, 11) is -3.60. The maximum Gasteiger partial charge on any atom is 0.243 e. The number of benzene rings is 2. The molecule has 0 saturated carbocycles. The molecule has 6 heteroatoms. The molecule has 0 radical (unpaired) electrons. The fraction of sp³-hybridized carbons (Fsp3) is 0.333. The van der Waals surface area contributed by atoms with E-state index in [1.54, 1.807) is 31.2 Å². The van der Waals surface area contributed by atoms with Gasteiger partial charge in [0.15, 0.2) is 0 Å². The van der Waals surface area contributed by atoms with Crippen LogP contribution in [0.15, 0.2) is 41.3 Å². The minimum absolute atomic E-state index is 0.0332. The molecule has 0 fully saturated rings.